The molecule has 4 aromatic rings. The van der Waals surface area contributed by atoms with Crippen LogP contribution in [-0.4, -0.2) is 24.6 Å². The van der Waals surface area contributed by atoms with Crippen molar-refractivity contribution in [3.63, 3.8) is 0 Å². The fraction of sp³-hybridized carbons (Fsp3) is 0.182. The summed E-state index contributed by atoms with van der Waals surface area (Å²) >= 11 is 1.28. The molecule has 0 fully saturated rings. The Hall–Kier alpha value is -3.04. The van der Waals surface area contributed by atoms with Crippen LogP contribution in [0.4, 0.5) is 10.1 Å². The van der Waals surface area contributed by atoms with Gasteiger partial charge in [-0.05, 0) is 62.2 Å². The molecule has 2 aromatic heterocycles. The van der Waals surface area contributed by atoms with E-state index in [0.29, 0.717) is 27.6 Å². The fourth-order valence-electron chi connectivity index (χ4n) is 3.88. The van der Waals surface area contributed by atoms with E-state index in [2.05, 4.69) is 10.1 Å². The Morgan fingerprint density at radius 3 is 2.68 bits per heavy atom. The molecule has 0 bridgehead atoms. The van der Waals surface area contributed by atoms with E-state index < -0.39 is 10.0 Å². The second-order valence-electron chi connectivity index (χ2n) is 7.44. The summed E-state index contributed by atoms with van der Waals surface area (Å²) in [6.45, 7) is 3.68. The van der Waals surface area contributed by atoms with E-state index in [-0.39, 0.29) is 22.6 Å². The van der Waals surface area contributed by atoms with Gasteiger partial charge in [0.25, 0.3) is 15.9 Å². The molecule has 0 saturated carbocycles. The van der Waals surface area contributed by atoms with Crippen molar-refractivity contribution in [2.24, 2.45) is 0 Å². The van der Waals surface area contributed by atoms with E-state index in [4.69, 9.17) is 4.52 Å². The minimum Gasteiger partial charge on any atom is -0.333 e. The molecular weight excluding hydrogens is 437 g/mol. The number of fused-ring (bicyclic) bond motifs is 1. The monoisotopic (exact) mass is 455 g/mol. The van der Waals surface area contributed by atoms with Crippen LogP contribution in [0.1, 0.15) is 17.4 Å². The highest BCUT2D eigenvalue weighted by Gasteiger charge is 2.37. The number of hydrogen-bond acceptors (Lipinski definition) is 6. The lowest BCUT2D eigenvalue weighted by molar-refractivity contribution is 0.433. The highest BCUT2D eigenvalue weighted by Crippen LogP contribution is 2.40. The molecule has 0 amide bonds. The third kappa shape index (κ3) is 3.34. The largest absolute Gasteiger partial charge is 0.333 e. The first-order valence-electron chi connectivity index (χ1n) is 9.67. The molecule has 1 atom stereocenters. The van der Waals surface area contributed by atoms with Gasteiger partial charge in [-0.3, -0.25) is 4.31 Å². The van der Waals surface area contributed by atoms with Gasteiger partial charge in [0.05, 0.1) is 10.6 Å². The second kappa shape index (κ2) is 7.28. The van der Waals surface area contributed by atoms with Gasteiger partial charge in [0, 0.05) is 16.5 Å². The van der Waals surface area contributed by atoms with Crippen molar-refractivity contribution < 1.29 is 17.3 Å². The summed E-state index contributed by atoms with van der Waals surface area (Å²) in [5.74, 6) is 0.185. The SMILES string of the molecule is Cc1sc(-c2nc(-c3ccc(F)cc3)no2)cc1S(=O)(=O)N1c2ccccc2C[C@@H]1C. The molecule has 0 N–H and O–H groups in total. The third-order valence-electron chi connectivity index (χ3n) is 5.29. The number of nitrogens with zero attached hydrogens (tertiary/aromatic N) is 3. The Morgan fingerprint density at radius 1 is 1.16 bits per heavy atom. The van der Waals surface area contributed by atoms with Gasteiger partial charge in [0.1, 0.15) is 10.7 Å². The maximum absolute atomic E-state index is 13.6. The summed E-state index contributed by atoms with van der Waals surface area (Å²) < 4.78 is 47.1. The first-order valence-corrected chi connectivity index (χ1v) is 11.9. The van der Waals surface area contributed by atoms with Gasteiger partial charge in [-0.15, -0.1) is 11.3 Å². The molecule has 0 spiro atoms. The molecule has 0 aliphatic carbocycles. The number of thiophene rings is 1. The van der Waals surface area contributed by atoms with Gasteiger partial charge < -0.3 is 4.52 Å². The van der Waals surface area contributed by atoms with Crippen molar-refractivity contribution >= 4 is 27.0 Å². The van der Waals surface area contributed by atoms with E-state index in [0.717, 1.165) is 11.3 Å². The van der Waals surface area contributed by atoms with Gasteiger partial charge in [0.15, 0.2) is 0 Å². The minimum atomic E-state index is -3.76. The first kappa shape index (κ1) is 19.9. The average molecular weight is 456 g/mol. The molecular formula is C22H18FN3O3S2. The summed E-state index contributed by atoms with van der Waals surface area (Å²) in [5.41, 5.74) is 2.35. The topological polar surface area (TPSA) is 76.3 Å². The zero-order valence-electron chi connectivity index (χ0n) is 16.7. The van der Waals surface area contributed by atoms with Crippen LogP contribution in [0, 0.1) is 12.7 Å². The lowest BCUT2D eigenvalue weighted by atomic mass is 10.1. The molecule has 2 aromatic carbocycles. The zero-order valence-corrected chi connectivity index (χ0v) is 18.4. The number of para-hydroxylation sites is 1. The van der Waals surface area contributed by atoms with Gasteiger partial charge in [-0.25, -0.2) is 12.8 Å². The molecule has 1 aliphatic rings. The van der Waals surface area contributed by atoms with E-state index in [9.17, 15) is 12.8 Å². The standard InChI is InChI=1S/C22H18FN3O3S2/c1-13-11-16-5-3-4-6-18(16)26(13)31(27,28)20-12-19(30-14(20)2)22-24-21(25-29-22)15-7-9-17(23)10-8-15/h3-10,12-13H,11H2,1-2H3/t13-/m0/s1. The molecule has 1 aliphatic heterocycles. The lowest BCUT2D eigenvalue weighted by Gasteiger charge is -2.24. The number of hydrogen-bond donors (Lipinski definition) is 0. The summed E-state index contributed by atoms with van der Waals surface area (Å²) in [6.07, 6.45) is 0.677. The summed E-state index contributed by atoms with van der Waals surface area (Å²) in [7, 11) is -3.76. The van der Waals surface area contributed by atoms with Crippen LogP contribution in [0.5, 0.6) is 0 Å². The molecule has 6 nitrogen and oxygen atoms in total. The third-order valence-corrected chi connectivity index (χ3v) is 8.52. The van der Waals surface area contributed by atoms with Crippen LogP contribution in [0.25, 0.3) is 22.2 Å². The summed E-state index contributed by atoms with van der Waals surface area (Å²) in [5, 5.41) is 3.95. The van der Waals surface area contributed by atoms with Gasteiger partial charge >= 0.3 is 0 Å². The minimum absolute atomic E-state index is 0.168. The van der Waals surface area contributed by atoms with Crippen LogP contribution in [-0.2, 0) is 16.4 Å². The van der Waals surface area contributed by atoms with Crippen LogP contribution in [0.15, 0.2) is 64.0 Å². The maximum atomic E-state index is 13.6. The Labute approximate surface area is 183 Å². The Bertz CT molecular complexity index is 1380. The van der Waals surface area contributed by atoms with Crippen LogP contribution in [0.2, 0.25) is 0 Å². The number of benzene rings is 2. The molecule has 0 radical (unpaired) electrons. The molecule has 31 heavy (non-hydrogen) atoms. The maximum Gasteiger partial charge on any atom is 0.268 e. The molecule has 3 heterocycles. The normalized spacial score (nSPS) is 16.0. The van der Waals surface area contributed by atoms with Crippen molar-refractivity contribution in [2.75, 3.05) is 4.31 Å². The highest BCUT2D eigenvalue weighted by atomic mass is 32.2. The zero-order chi connectivity index (χ0) is 21.8. The summed E-state index contributed by atoms with van der Waals surface area (Å²) in [6, 6.07) is 14.8. The van der Waals surface area contributed by atoms with Crippen molar-refractivity contribution in [3.05, 3.63) is 70.9 Å². The van der Waals surface area contributed by atoms with Crippen molar-refractivity contribution in [2.45, 2.75) is 31.2 Å². The molecule has 158 valence electrons. The number of aryl methyl sites for hydroxylation is 1. The molecule has 9 heteroatoms. The lowest BCUT2D eigenvalue weighted by Crippen LogP contribution is -2.35. The first-order chi connectivity index (χ1) is 14.8. The number of aromatic nitrogens is 2. The number of sulfonamides is 1. The number of anilines is 1. The van der Waals surface area contributed by atoms with Crippen molar-refractivity contribution in [1.82, 2.24) is 10.1 Å². The number of rotatable bonds is 4. The molecule has 5 rings (SSSR count). The van der Waals surface area contributed by atoms with Crippen LogP contribution in [0.3, 0.4) is 0 Å². The van der Waals surface area contributed by atoms with Crippen molar-refractivity contribution in [1.29, 1.82) is 0 Å². The van der Waals surface area contributed by atoms with Gasteiger partial charge in [-0.2, -0.15) is 4.98 Å². The van der Waals surface area contributed by atoms with E-state index in [1.54, 1.807) is 25.1 Å². The Balaban J connectivity index is 1.51. The fourth-order valence-corrected chi connectivity index (χ4v) is 7.06. The van der Waals surface area contributed by atoms with E-state index in [1.165, 1.54) is 27.8 Å². The van der Waals surface area contributed by atoms with Gasteiger partial charge in [-0.1, -0.05) is 23.4 Å². The predicted octanol–water partition coefficient (Wildman–Crippen LogP) is 5.05. The highest BCUT2D eigenvalue weighted by molar-refractivity contribution is 7.93. The van der Waals surface area contributed by atoms with Crippen molar-refractivity contribution in [3.8, 4) is 22.2 Å². The summed E-state index contributed by atoms with van der Waals surface area (Å²) in [4.78, 5) is 5.81. The van der Waals surface area contributed by atoms with E-state index >= 15 is 0 Å². The predicted molar refractivity (Wildman–Crippen MR) is 117 cm³/mol. The Morgan fingerprint density at radius 2 is 1.90 bits per heavy atom. The van der Waals surface area contributed by atoms with E-state index in [1.807, 2.05) is 31.2 Å². The second-order valence-corrected chi connectivity index (χ2v) is 10.5. The smallest absolute Gasteiger partial charge is 0.268 e. The van der Waals surface area contributed by atoms with Crippen LogP contribution < -0.4 is 4.31 Å². The Kier molecular flexibility index (Phi) is 4.67. The average Bonchev–Trinajstić information content (AvgIpc) is 3.44. The van der Waals surface area contributed by atoms with Crippen LogP contribution >= 0.6 is 11.3 Å². The molecule has 0 saturated heterocycles. The quantitative estimate of drug-likeness (QED) is 0.430. The molecule has 0 unspecified atom stereocenters. The van der Waals surface area contributed by atoms with Gasteiger partial charge in [0.2, 0.25) is 5.82 Å². The number of halogens is 1.